The molecule has 10 heteroatoms. The number of hydrogen-bond donors (Lipinski definition) is 1. The predicted octanol–water partition coefficient (Wildman–Crippen LogP) is 6.93. The molecule has 2 aromatic carbocycles. The number of benzene rings is 2. The fraction of sp³-hybridized carbons (Fsp3) is 0.517. The molecule has 1 aliphatic carbocycles. The average molecular weight is 545 g/mol. The molecule has 1 amide bonds. The summed E-state index contributed by atoms with van der Waals surface area (Å²) in [7, 11) is 1.80. The zero-order valence-corrected chi connectivity index (χ0v) is 22.7. The van der Waals surface area contributed by atoms with Crippen LogP contribution in [0.25, 0.3) is 11.0 Å². The molecule has 1 aliphatic heterocycles. The molecular weight excluding hydrogens is 509 g/mol. The molecule has 39 heavy (non-hydrogen) atoms. The molecule has 1 N–H and O–H groups in total. The Morgan fingerprint density at radius 3 is 2.56 bits per heavy atom. The van der Waals surface area contributed by atoms with E-state index in [2.05, 4.69) is 35.4 Å². The number of amides is 1. The summed E-state index contributed by atoms with van der Waals surface area (Å²) in [6.07, 6.45) is -0.861. The number of carbonyl (C=O) groups is 1. The molecule has 1 unspecified atom stereocenters. The van der Waals surface area contributed by atoms with Gasteiger partial charge in [0.05, 0.1) is 23.7 Å². The maximum absolute atomic E-state index is 13.2. The van der Waals surface area contributed by atoms with Crippen molar-refractivity contribution in [1.29, 1.82) is 0 Å². The second-order valence-electron chi connectivity index (χ2n) is 11.7. The highest BCUT2D eigenvalue weighted by atomic mass is 19.4. The van der Waals surface area contributed by atoms with Gasteiger partial charge in [-0.25, -0.2) is 4.98 Å². The van der Waals surface area contributed by atoms with Crippen molar-refractivity contribution in [3.05, 3.63) is 48.0 Å². The number of carbonyl (C=O) groups excluding carboxylic acids is 1. The normalized spacial score (nSPS) is 23.1. The summed E-state index contributed by atoms with van der Waals surface area (Å²) < 4.78 is 49.5. The molecule has 0 spiro atoms. The topological polar surface area (TPSA) is 68.6 Å². The molecule has 0 radical (unpaired) electrons. The van der Waals surface area contributed by atoms with Crippen molar-refractivity contribution >= 4 is 28.6 Å². The first kappa shape index (κ1) is 27.3. The average Bonchev–Trinajstić information content (AvgIpc) is 3.50. The molecule has 5 rings (SSSR count). The number of fused-ring (bicyclic) bond motifs is 1. The second kappa shape index (κ2) is 10.4. The Bertz CT molecular complexity index is 1330. The molecule has 2 aliphatic rings. The van der Waals surface area contributed by atoms with Gasteiger partial charge in [-0.05, 0) is 79.5 Å². The van der Waals surface area contributed by atoms with Crippen LogP contribution < -0.4 is 10.1 Å². The largest absolute Gasteiger partial charge is 0.573 e. The summed E-state index contributed by atoms with van der Waals surface area (Å²) in [6, 6.07) is 11.5. The number of anilines is 2. The molecule has 1 saturated heterocycles. The van der Waals surface area contributed by atoms with Crippen LogP contribution in [0.4, 0.5) is 24.8 Å². The van der Waals surface area contributed by atoms with E-state index in [1.807, 2.05) is 18.2 Å². The van der Waals surface area contributed by atoms with E-state index in [1.165, 1.54) is 24.3 Å². The van der Waals surface area contributed by atoms with Gasteiger partial charge in [0.1, 0.15) is 5.75 Å². The number of halogens is 3. The van der Waals surface area contributed by atoms with E-state index in [9.17, 15) is 18.0 Å². The van der Waals surface area contributed by atoms with Gasteiger partial charge in [0, 0.05) is 30.9 Å². The van der Waals surface area contributed by atoms with E-state index >= 15 is 0 Å². The van der Waals surface area contributed by atoms with Gasteiger partial charge in [-0.1, -0.05) is 20.8 Å². The summed E-state index contributed by atoms with van der Waals surface area (Å²) in [4.78, 5) is 19.9. The molecular formula is C29H35F3N4O3. The van der Waals surface area contributed by atoms with Crippen LogP contribution in [0.5, 0.6) is 5.75 Å². The van der Waals surface area contributed by atoms with Gasteiger partial charge in [0.2, 0.25) is 5.95 Å². The van der Waals surface area contributed by atoms with Gasteiger partial charge in [-0.15, -0.1) is 13.2 Å². The summed E-state index contributed by atoms with van der Waals surface area (Å²) in [5.41, 5.74) is 2.88. The number of ether oxygens (including phenoxy) is 2. The number of likely N-dealkylation sites (N-methyl/N-ethyl adjacent to an activating group) is 1. The fourth-order valence-corrected chi connectivity index (χ4v) is 6.25. The third-order valence-corrected chi connectivity index (χ3v) is 7.78. The molecule has 7 nitrogen and oxygen atoms in total. The van der Waals surface area contributed by atoms with Gasteiger partial charge >= 0.3 is 6.36 Å². The van der Waals surface area contributed by atoms with Crippen molar-refractivity contribution < 1.29 is 27.4 Å². The maximum Gasteiger partial charge on any atom is 0.573 e. The van der Waals surface area contributed by atoms with Gasteiger partial charge in [-0.3, -0.25) is 4.79 Å². The van der Waals surface area contributed by atoms with Crippen molar-refractivity contribution in [2.45, 2.75) is 64.9 Å². The van der Waals surface area contributed by atoms with Gasteiger partial charge in [-0.2, -0.15) is 0 Å². The van der Waals surface area contributed by atoms with Crippen molar-refractivity contribution in [1.82, 2.24) is 14.5 Å². The van der Waals surface area contributed by atoms with Crippen LogP contribution >= 0.6 is 0 Å². The van der Waals surface area contributed by atoms with Crippen LogP contribution in [0.2, 0.25) is 0 Å². The standard InChI is InChI=1S/C29H35F3N4O3/c1-18-13-22(16-28(2,3)15-18)36-25-10-5-19(26(37)35(4)21-11-12-38-17-21)14-24(25)34-27(36)33-20-6-8-23(9-7-20)39-29(30,31)32/h5-10,14,18,21-22H,11-13,15-17H2,1-4H3,(H,33,34)/t18-,21?,22+/m1/s1. The minimum atomic E-state index is -4.75. The zero-order chi connectivity index (χ0) is 27.9. The van der Waals surface area contributed by atoms with Crippen molar-refractivity contribution in [3.63, 3.8) is 0 Å². The molecule has 1 saturated carbocycles. The Labute approximate surface area is 226 Å². The number of imidazole rings is 1. The fourth-order valence-electron chi connectivity index (χ4n) is 6.25. The highest BCUT2D eigenvalue weighted by Crippen LogP contribution is 2.46. The Kier molecular flexibility index (Phi) is 7.26. The molecule has 0 bridgehead atoms. The third-order valence-electron chi connectivity index (χ3n) is 7.78. The molecule has 210 valence electrons. The lowest BCUT2D eigenvalue weighted by Crippen LogP contribution is -2.37. The van der Waals surface area contributed by atoms with E-state index in [-0.39, 0.29) is 29.2 Å². The van der Waals surface area contributed by atoms with Crippen LogP contribution in [0.3, 0.4) is 0 Å². The molecule has 1 aromatic heterocycles. The van der Waals surface area contributed by atoms with Gasteiger partial charge < -0.3 is 24.3 Å². The molecule has 2 heterocycles. The second-order valence-corrected chi connectivity index (χ2v) is 11.7. The zero-order valence-electron chi connectivity index (χ0n) is 22.7. The Morgan fingerprint density at radius 2 is 1.92 bits per heavy atom. The van der Waals surface area contributed by atoms with Crippen molar-refractivity contribution in [2.75, 3.05) is 25.6 Å². The monoisotopic (exact) mass is 544 g/mol. The number of aromatic nitrogens is 2. The lowest BCUT2D eigenvalue weighted by Gasteiger charge is -2.40. The minimum Gasteiger partial charge on any atom is -0.406 e. The summed E-state index contributed by atoms with van der Waals surface area (Å²) in [5.74, 6) is 0.742. The third kappa shape index (κ3) is 6.16. The maximum atomic E-state index is 13.2. The van der Waals surface area contributed by atoms with E-state index < -0.39 is 6.36 Å². The molecule has 3 atom stereocenters. The smallest absolute Gasteiger partial charge is 0.406 e. The van der Waals surface area contributed by atoms with Crippen LogP contribution in [0.1, 0.15) is 62.9 Å². The van der Waals surface area contributed by atoms with E-state index in [4.69, 9.17) is 9.72 Å². The Morgan fingerprint density at radius 1 is 1.18 bits per heavy atom. The number of nitrogens with zero attached hydrogens (tertiary/aromatic N) is 3. The van der Waals surface area contributed by atoms with Crippen LogP contribution in [0.15, 0.2) is 42.5 Å². The highest BCUT2D eigenvalue weighted by molar-refractivity contribution is 5.98. The predicted molar refractivity (Wildman–Crippen MR) is 143 cm³/mol. The first-order valence-corrected chi connectivity index (χ1v) is 13.4. The van der Waals surface area contributed by atoms with Gasteiger partial charge in [0.15, 0.2) is 0 Å². The first-order valence-electron chi connectivity index (χ1n) is 13.4. The van der Waals surface area contributed by atoms with Crippen LogP contribution in [-0.2, 0) is 4.74 Å². The number of rotatable bonds is 6. The lowest BCUT2D eigenvalue weighted by molar-refractivity contribution is -0.274. The SMILES string of the molecule is C[C@@H]1C[C@H](n2c(Nc3ccc(OC(F)(F)F)cc3)nc3cc(C(=O)N(C)C4CCOC4)ccc32)CC(C)(C)C1. The van der Waals surface area contributed by atoms with Crippen LogP contribution in [0, 0.1) is 11.3 Å². The highest BCUT2D eigenvalue weighted by Gasteiger charge is 2.35. The van der Waals surface area contributed by atoms with Gasteiger partial charge in [0.25, 0.3) is 5.91 Å². The quantitative estimate of drug-likeness (QED) is 0.365. The molecule has 2 fully saturated rings. The summed E-state index contributed by atoms with van der Waals surface area (Å²) >= 11 is 0. The van der Waals surface area contributed by atoms with Crippen LogP contribution in [-0.4, -0.2) is 53.0 Å². The summed E-state index contributed by atoms with van der Waals surface area (Å²) in [6.45, 7) is 8.01. The number of hydrogen-bond acceptors (Lipinski definition) is 5. The van der Waals surface area contributed by atoms with E-state index in [0.29, 0.717) is 41.8 Å². The number of nitrogens with one attached hydrogen (secondary N) is 1. The Hall–Kier alpha value is -3.27. The van der Waals surface area contributed by atoms with E-state index in [1.54, 1.807) is 11.9 Å². The lowest BCUT2D eigenvalue weighted by atomic mass is 9.70. The summed E-state index contributed by atoms with van der Waals surface area (Å²) in [5, 5.41) is 3.31. The Balaban J connectivity index is 1.50. The number of alkyl halides is 3. The first-order chi connectivity index (χ1) is 18.4. The van der Waals surface area contributed by atoms with Crippen molar-refractivity contribution in [3.8, 4) is 5.75 Å². The van der Waals surface area contributed by atoms with E-state index in [0.717, 1.165) is 31.2 Å². The minimum absolute atomic E-state index is 0.0539. The molecule has 3 aromatic rings. The van der Waals surface area contributed by atoms with Crippen molar-refractivity contribution in [2.24, 2.45) is 11.3 Å².